The van der Waals surface area contributed by atoms with Crippen LogP contribution in [-0.2, 0) is 16.0 Å². The van der Waals surface area contributed by atoms with Crippen molar-refractivity contribution in [3.8, 4) is 5.75 Å². The summed E-state index contributed by atoms with van der Waals surface area (Å²) in [6.07, 6.45) is 6.50. The number of carbonyl (C=O) groups excluding carboxylic acids is 2. The third-order valence-corrected chi connectivity index (χ3v) is 6.12. The van der Waals surface area contributed by atoms with Gasteiger partial charge in [-0.05, 0) is 67.5 Å². The fourth-order valence-corrected chi connectivity index (χ4v) is 4.37. The lowest BCUT2D eigenvalue weighted by Gasteiger charge is -2.29. The molecule has 0 aliphatic carbocycles. The van der Waals surface area contributed by atoms with Gasteiger partial charge in [-0.25, -0.2) is 4.90 Å². The Labute approximate surface area is 184 Å². The molecule has 0 spiro atoms. The second kappa shape index (κ2) is 9.38. The first kappa shape index (κ1) is 21.2. The molecule has 0 N–H and O–H groups in total. The Kier molecular flexibility index (Phi) is 6.40. The lowest BCUT2D eigenvalue weighted by molar-refractivity contribution is -0.120. The van der Waals surface area contributed by atoms with Crippen LogP contribution in [0.15, 0.2) is 54.2 Å². The van der Waals surface area contributed by atoms with E-state index in [1.165, 1.54) is 10.5 Å². The minimum Gasteiger partial charge on any atom is -0.497 e. The molecular weight excluding hydrogens is 388 g/mol. The fraction of sp³-hybridized carbons (Fsp3) is 0.385. The number of aryl methyl sites for hydroxylation is 1. The molecule has 4 rings (SSSR count). The van der Waals surface area contributed by atoms with E-state index in [1.807, 2.05) is 48.5 Å². The normalized spacial score (nSPS) is 17.0. The monoisotopic (exact) mass is 418 g/mol. The standard InChI is InChI=1S/C26H30N2O3/c1-3-4-8-19-9-13-21(14-10-19)28-25(29)23(20-11-15-22(31-2)16-12-20)24(26(28)30)27-17-6-5-7-18-27/h9-16H,3-8,17-18H2,1-2H3. The molecule has 1 fully saturated rings. The summed E-state index contributed by atoms with van der Waals surface area (Å²) in [5, 5.41) is 0. The number of amides is 2. The second-order valence-corrected chi connectivity index (χ2v) is 8.22. The van der Waals surface area contributed by atoms with Crippen LogP contribution in [0.5, 0.6) is 5.75 Å². The van der Waals surface area contributed by atoms with Gasteiger partial charge >= 0.3 is 0 Å². The fourth-order valence-electron chi connectivity index (χ4n) is 4.37. The maximum atomic E-state index is 13.6. The molecule has 31 heavy (non-hydrogen) atoms. The predicted molar refractivity (Wildman–Crippen MR) is 123 cm³/mol. The number of ether oxygens (including phenoxy) is 1. The molecule has 5 nitrogen and oxygen atoms in total. The number of anilines is 1. The van der Waals surface area contributed by atoms with E-state index in [1.54, 1.807) is 7.11 Å². The lowest BCUT2D eigenvalue weighted by atomic mass is 10.0. The number of likely N-dealkylation sites (tertiary alicyclic amines) is 1. The smallest absolute Gasteiger partial charge is 0.282 e. The molecule has 0 aromatic heterocycles. The van der Waals surface area contributed by atoms with Crippen molar-refractivity contribution < 1.29 is 14.3 Å². The number of unbranched alkanes of at least 4 members (excludes halogenated alkanes) is 1. The molecule has 1 saturated heterocycles. The van der Waals surface area contributed by atoms with Gasteiger partial charge in [-0.15, -0.1) is 0 Å². The molecule has 2 aromatic rings. The zero-order chi connectivity index (χ0) is 21.8. The van der Waals surface area contributed by atoms with Gasteiger partial charge in [-0.2, -0.15) is 0 Å². The van der Waals surface area contributed by atoms with Crippen LogP contribution in [0.1, 0.15) is 50.2 Å². The van der Waals surface area contributed by atoms with Crippen LogP contribution < -0.4 is 9.64 Å². The topological polar surface area (TPSA) is 49.9 Å². The first-order chi connectivity index (χ1) is 15.1. The van der Waals surface area contributed by atoms with Crippen LogP contribution >= 0.6 is 0 Å². The van der Waals surface area contributed by atoms with Crippen LogP contribution in [0.25, 0.3) is 5.57 Å². The molecule has 0 atom stereocenters. The summed E-state index contributed by atoms with van der Waals surface area (Å²) < 4.78 is 5.26. The van der Waals surface area contributed by atoms with Crippen molar-refractivity contribution in [1.82, 2.24) is 4.90 Å². The Balaban J connectivity index is 1.71. The van der Waals surface area contributed by atoms with E-state index in [4.69, 9.17) is 4.74 Å². The molecule has 2 amide bonds. The van der Waals surface area contributed by atoms with E-state index < -0.39 is 0 Å². The zero-order valence-electron chi connectivity index (χ0n) is 18.4. The number of piperidine rings is 1. The number of methoxy groups -OCH3 is 1. The Hall–Kier alpha value is -3.08. The molecule has 0 radical (unpaired) electrons. The average molecular weight is 419 g/mol. The van der Waals surface area contributed by atoms with E-state index in [0.29, 0.717) is 17.0 Å². The summed E-state index contributed by atoms with van der Waals surface area (Å²) in [5.41, 5.74) is 3.63. The molecule has 162 valence electrons. The summed E-state index contributed by atoms with van der Waals surface area (Å²) in [5.74, 6) is 0.247. The van der Waals surface area contributed by atoms with Crippen molar-refractivity contribution in [2.45, 2.75) is 45.4 Å². The number of carbonyl (C=O) groups is 2. The Bertz CT molecular complexity index is 971. The van der Waals surface area contributed by atoms with Gasteiger partial charge in [0.1, 0.15) is 11.4 Å². The van der Waals surface area contributed by atoms with Crippen LogP contribution in [0.2, 0.25) is 0 Å². The molecular formula is C26H30N2O3. The van der Waals surface area contributed by atoms with Crippen molar-refractivity contribution in [2.75, 3.05) is 25.1 Å². The largest absolute Gasteiger partial charge is 0.497 e. The van der Waals surface area contributed by atoms with E-state index in [-0.39, 0.29) is 11.8 Å². The summed E-state index contributed by atoms with van der Waals surface area (Å²) in [4.78, 5) is 30.6. The third kappa shape index (κ3) is 4.22. The summed E-state index contributed by atoms with van der Waals surface area (Å²) >= 11 is 0. The highest BCUT2D eigenvalue weighted by Gasteiger charge is 2.42. The number of hydrogen-bond acceptors (Lipinski definition) is 4. The third-order valence-electron chi connectivity index (χ3n) is 6.12. The summed E-state index contributed by atoms with van der Waals surface area (Å²) in [6, 6.07) is 15.2. The van der Waals surface area contributed by atoms with Gasteiger partial charge in [0.25, 0.3) is 11.8 Å². The van der Waals surface area contributed by atoms with Crippen molar-refractivity contribution >= 4 is 23.1 Å². The summed E-state index contributed by atoms with van der Waals surface area (Å²) in [6.45, 7) is 3.78. The maximum Gasteiger partial charge on any atom is 0.282 e. The number of hydrogen-bond donors (Lipinski definition) is 0. The van der Waals surface area contributed by atoms with Gasteiger partial charge < -0.3 is 9.64 Å². The molecule has 2 heterocycles. The van der Waals surface area contributed by atoms with Gasteiger partial charge in [0.15, 0.2) is 0 Å². The lowest BCUT2D eigenvalue weighted by Crippen LogP contribution is -2.37. The minimum absolute atomic E-state index is 0.223. The SMILES string of the molecule is CCCCc1ccc(N2C(=O)C(c3ccc(OC)cc3)=C(N3CCCCC3)C2=O)cc1. The minimum atomic E-state index is -0.253. The number of nitrogens with zero attached hydrogens (tertiary/aromatic N) is 2. The zero-order valence-corrected chi connectivity index (χ0v) is 18.4. The van der Waals surface area contributed by atoms with Gasteiger partial charge in [0.05, 0.1) is 18.4 Å². The van der Waals surface area contributed by atoms with Crippen molar-refractivity contribution in [2.24, 2.45) is 0 Å². The Morgan fingerprint density at radius 3 is 2.16 bits per heavy atom. The number of rotatable bonds is 7. The Morgan fingerprint density at radius 2 is 1.55 bits per heavy atom. The van der Waals surface area contributed by atoms with Crippen molar-refractivity contribution in [3.05, 3.63) is 65.4 Å². The molecule has 2 aliphatic heterocycles. The van der Waals surface area contributed by atoms with E-state index in [0.717, 1.165) is 62.9 Å². The van der Waals surface area contributed by atoms with Crippen molar-refractivity contribution in [1.29, 1.82) is 0 Å². The van der Waals surface area contributed by atoms with E-state index in [2.05, 4.69) is 11.8 Å². The molecule has 2 aliphatic rings. The molecule has 0 bridgehead atoms. The number of benzene rings is 2. The van der Waals surface area contributed by atoms with E-state index in [9.17, 15) is 9.59 Å². The van der Waals surface area contributed by atoms with Gasteiger partial charge in [-0.1, -0.05) is 37.6 Å². The average Bonchev–Trinajstić information content (AvgIpc) is 3.08. The van der Waals surface area contributed by atoms with Gasteiger partial charge in [0, 0.05) is 13.1 Å². The van der Waals surface area contributed by atoms with Crippen LogP contribution in [0, 0.1) is 0 Å². The van der Waals surface area contributed by atoms with E-state index >= 15 is 0 Å². The number of imide groups is 1. The highest BCUT2D eigenvalue weighted by molar-refractivity contribution is 6.45. The molecule has 0 unspecified atom stereocenters. The molecule has 2 aromatic carbocycles. The molecule has 0 saturated carbocycles. The highest BCUT2D eigenvalue weighted by atomic mass is 16.5. The molecule has 5 heteroatoms. The second-order valence-electron chi connectivity index (χ2n) is 8.22. The van der Waals surface area contributed by atoms with Gasteiger partial charge in [-0.3, -0.25) is 9.59 Å². The highest BCUT2D eigenvalue weighted by Crippen LogP contribution is 2.36. The summed E-state index contributed by atoms with van der Waals surface area (Å²) in [7, 11) is 1.61. The van der Waals surface area contributed by atoms with Crippen LogP contribution in [0.4, 0.5) is 5.69 Å². The first-order valence-electron chi connectivity index (χ1n) is 11.3. The van der Waals surface area contributed by atoms with Gasteiger partial charge in [0.2, 0.25) is 0 Å². The van der Waals surface area contributed by atoms with Crippen molar-refractivity contribution in [3.63, 3.8) is 0 Å². The van der Waals surface area contributed by atoms with Crippen LogP contribution in [-0.4, -0.2) is 36.9 Å². The van der Waals surface area contributed by atoms with Crippen LogP contribution in [0.3, 0.4) is 0 Å². The first-order valence-corrected chi connectivity index (χ1v) is 11.3. The predicted octanol–water partition coefficient (Wildman–Crippen LogP) is 4.81. The Morgan fingerprint density at radius 1 is 0.871 bits per heavy atom. The maximum absolute atomic E-state index is 13.6. The quantitative estimate of drug-likeness (QED) is 0.606.